The molecule has 0 bridgehead atoms. The number of nitrogens with zero attached hydrogens (tertiary/aromatic N) is 2. The fourth-order valence-corrected chi connectivity index (χ4v) is 2.85. The zero-order chi connectivity index (χ0) is 21.3. The molecule has 0 saturated carbocycles. The van der Waals surface area contributed by atoms with Crippen molar-refractivity contribution in [3.05, 3.63) is 57.6 Å². The summed E-state index contributed by atoms with van der Waals surface area (Å²) in [4.78, 5) is 15.0. The molecule has 0 saturated heterocycles. The van der Waals surface area contributed by atoms with Gasteiger partial charge in [-0.05, 0) is 30.7 Å². The average Bonchev–Trinajstić information content (AvgIpc) is 2.67. The third-order valence-electron chi connectivity index (χ3n) is 4.16. The minimum absolute atomic E-state index is 0.0140. The SMILES string of the molecule is COc1cc(C)c2c(Oc3cccc(C(F)(F)F)c3)c(OC)cc([N+](=O)[O-])c2n1. The normalized spacial score (nSPS) is 11.4. The molecule has 7 nitrogen and oxygen atoms in total. The smallest absolute Gasteiger partial charge is 0.416 e. The summed E-state index contributed by atoms with van der Waals surface area (Å²) in [5, 5.41) is 11.8. The van der Waals surface area contributed by atoms with Gasteiger partial charge >= 0.3 is 6.18 Å². The summed E-state index contributed by atoms with van der Waals surface area (Å²) in [7, 11) is 2.64. The van der Waals surface area contributed by atoms with Crippen LogP contribution < -0.4 is 14.2 Å². The van der Waals surface area contributed by atoms with Crippen LogP contribution in [0.25, 0.3) is 10.9 Å². The topological polar surface area (TPSA) is 83.7 Å². The van der Waals surface area contributed by atoms with Crippen molar-refractivity contribution in [2.45, 2.75) is 13.1 Å². The monoisotopic (exact) mass is 408 g/mol. The van der Waals surface area contributed by atoms with Crippen LogP contribution in [0.4, 0.5) is 18.9 Å². The van der Waals surface area contributed by atoms with E-state index in [4.69, 9.17) is 14.2 Å². The molecule has 2 aromatic carbocycles. The second kappa shape index (κ2) is 7.46. The van der Waals surface area contributed by atoms with Gasteiger partial charge in [-0.15, -0.1) is 0 Å². The lowest BCUT2D eigenvalue weighted by molar-refractivity contribution is -0.383. The van der Waals surface area contributed by atoms with Crippen molar-refractivity contribution >= 4 is 16.6 Å². The van der Waals surface area contributed by atoms with E-state index < -0.39 is 16.7 Å². The summed E-state index contributed by atoms with van der Waals surface area (Å²) < 4.78 is 55.0. The Kier molecular flexibility index (Phi) is 5.19. The Morgan fingerprint density at radius 3 is 2.41 bits per heavy atom. The van der Waals surface area contributed by atoms with Gasteiger partial charge in [-0.25, -0.2) is 4.98 Å². The predicted molar refractivity (Wildman–Crippen MR) is 97.8 cm³/mol. The highest BCUT2D eigenvalue weighted by molar-refractivity contribution is 5.97. The fraction of sp³-hybridized carbons (Fsp3) is 0.211. The molecule has 1 aromatic heterocycles. The number of nitro benzene ring substituents is 1. The first-order chi connectivity index (χ1) is 13.7. The van der Waals surface area contributed by atoms with Gasteiger partial charge in [0.2, 0.25) is 5.88 Å². The summed E-state index contributed by atoms with van der Waals surface area (Å²) in [6, 6.07) is 6.93. The Balaban J connectivity index is 2.27. The lowest BCUT2D eigenvalue weighted by Crippen LogP contribution is -2.05. The Morgan fingerprint density at radius 1 is 1.10 bits per heavy atom. The number of methoxy groups -OCH3 is 2. The van der Waals surface area contributed by atoms with E-state index >= 15 is 0 Å². The molecule has 0 spiro atoms. The second-order valence-corrected chi connectivity index (χ2v) is 6.02. The molecule has 0 N–H and O–H groups in total. The predicted octanol–water partition coefficient (Wildman–Crippen LogP) is 5.28. The maximum Gasteiger partial charge on any atom is 0.416 e. The summed E-state index contributed by atoms with van der Waals surface area (Å²) in [6.45, 7) is 1.65. The molecule has 0 radical (unpaired) electrons. The summed E-state index contributed by atoms with van der Waals surface area (Å²) in [6.07, 6.45) is -4.55. The molecular formula is C19H15F3N2O5. The number of hydrogen-bond donors (Lipinski definition) is 0. The first-order valence-electron chi connectivity index (χ1n) is 8.21. The van der Waals surface area contributed by atoms with Crippen LogP contribution in [0.2, 0.25) is 0 Å². The van der Waals surface area contributed by atoms with Gasteiger partial charge in [-0.2, -0.15) is 13.2 Å². The number of aromatic nitrogens is 1. The molecule has 0 atom stereocenters. The van der Waals surface area contributed by atoms with Gasteiger partial charge < -0.3 is 14.2 Å². The maximum atomic E-state index is 13.0. The number of halogens is 3. The highest BCUT2D eigenvalue weighted by Gasteiger charge is 2.31. The molecule has 3 aromatic rings. The number of non-ortho nitro benzene ring substituents is 1. The molecule has 0 fully saturated rings. The highest BCUT2D eigenvalue weighted by Crippen LogP contribution is 2.45. The molecule has 0 aliphatic heterocycles. The van der Waals surface area contributed by atoms with E-state index in [1.165, 1.54) is 32.4 Å². The van der Waals surface area contributed by atoms with Gasteiger partial charge in [0.15, 0.2) is 17.0 Å². The van der Waals surface area contributed by atoms with E-state index in [1.807, 2.05) is 0 Å². The largest absolute Gasteiger partial charge is 0.493 e. The third-order valence-corrected chi connectivity index (χ3v) is 4.16. The number of ether oxygens (including phenoxy) is 3. The van der Waals surface area contributed by atoms with Crippen molar-refractivity contribution in [3.8, 4) is 23.1 Å². The van der Waals surface area contributed by atoms with Gasteiger partial charge in [-0.1, -0.05) is 6.07 Å². The Morgan fingerprint density at radius 2 is 1.83 bits per heavy atom. The summed E-state index contributed by atoms with van der Waals surface area (Å²) in [5.74, 6) is 0.0357. The first-order valence-corrected chi connectivity index (χ1v) is 8.21. The van der Waals surface area contributed by atoms with Crippen LogP contribution in [-0.2, 0) is 6.18 Å². The van der Waals surface area contributed by atoms with Crippen molar-refractivity contribution in [3.63, 3.8) is 0 Å². The van der Waals surface area contributed by atoms with E-state index in [9.17, 15) is 23.3 Å². The molecule has 0 aliphatic carbocycles. The number of alkyl halides is 3. The molecule has 10 heteroatoms. The average molecular weight is 408 g/mol. The quantitative estimate of drug-likeness (QED) is 0.422. The van der Waals surface area contributed by atoms with Crippen LogP contribution in [-0.4, -0.2) is 24.1 Å². The molecule has 152 valence electrons. The number of fused-ring (bicyclic) bond motifs is 1. The van der Waals surface area contributed by atoms with E-state index in [-0.39, 0.29) is 39.7 Å². The number of hydrogen-bond acceptors (Lipinski definition) is 6. The van der Waals surface area contributed by atoms with Gasteiger partial charge in [0, 0.05) is 6.07 Å². The molecule has 0 amide bonds. The summed E-state index contributed by atoms with van der Waals surface area (Å²) >= 11 is 0. The number of aryl methyl sites for hydroxylation is 1. The van der Waals surface area contributed by atoms with E-state index in [1.54, 1.807) is 6.92 Å². The zero-order valence-electron chi connectivity index (χ0n) is 15.5. The van der Waals surface area contributed by atoms with Crippen LogP contribution in [0.15, 0.2) is 36.4 Å². The third kappa shape index (κ3) is 3.86. The summed E-state index contributed by atoms with van der Waals surface area (Å²) in [5.41, 5.74) is -0.766. The fourth-order valence-electron chi connectivity index (χ4n) is 2.85. The minimum atomic E-state index is -4.55. The number of pyridine rings is 1. The van der Waals surface area contributed by atoms with Gasteiger partial charge in [0.25, 0.3) is 5.69 Å². The Bertz CT molecular complexity index is 1100. The first kappa shape index (κ1) is 20.2. The van der Waals surface area contributed by atoms with Crippen LogP contribution in [0, 0.1) is 17.0 Å². The van der Waals surface area contributed by atoms with Crippen LogP contribution in [0.1, 0.15) is 11.1 Å². The zero-order valence-corrected chi connectivity index (χ0v) is 15.5. The van der Waals surface area contributed by atoms with Crippen LogP contribution >= 0.6 is 0 Å². The number of rotatable bonds is 5. The van der Waals surface area contributed by atoms with Crippen molar-refractivity contribution in [2.24, 2.45) is 0 Å². The Hall–Kier alpha value is -3.56. The minimum Gasteiger partial charge on any atom is -0.493 e. The molecule has 1 heterocycles. The molecule has 29 heavy (non-hydrogen) atoms. The van der Waals surface area contributed by atoms with Crippen molar-refractivity contribution < 1.29 is 32.3 Å². The standard InChI is InChI=1S/C19H15F3N2O5/c1-10-7-15(28-3)23-17-13(24(25)26)9-14(27-2)18(16(10)17)29-12-6-4-5-11(8-12)19(20,21)22/h4-9H,1-3H3. The molecule has 0 unspecified atom stereocenters. The highest BCUT2D eigenvalue weighted by atomic mass is 19.4. The van der Waals surface area contributed by atoms with Crippen LogP contribution in [0.5, 0.6) is 23.1 Å². The number of nitro groups is 1. The maximum absolute atomic E-state index is 13.0. The van der Waals surface area contributed by atoms with E-state index in [0.717, 1.165) is 18.2 Å². The van der Waals surface area contributed by atoms with E-state index in [0.29, 0.717) is 5.56 Å². The lowest BCUT2D eigenvalue weighted by Gasteiger charge is -2.16. The lowest BCUT2D eigenvalue weighted by atomic mass is 10.1. The second-order valence-electron chi connectivity index (χ2n) is 6.02. The molecule has 3 rings (SSSR count). The van der Waals surface area contributed by atoms with Gasteiger partial charge in [0.05, 0.1) is 36.2 Å². The van der Waals surface area contributed by atoms with Gasteiger partial charge in [-0.3, -0.25) is 10.1 Å². The molecule has 0 aliphatic rings. The van der Waals surface area contributed by atoms with Crippen molar-refractivity contribution in [1.29, 1.82) is 0 Å². The van der Waals surface area contributed by atoms with Crippen molar-refractivity contribution in [2.75, 3.05) is 14.2 Å². The van der Waals surface area contributed by atoms with Gasteiger partial charge in [0.1, 0.15) is 5.75 Å². The van der Waals surface area contributed by atoms with Crippen molar-refractivity contribution in [1.82, 2.24) is 4.98 Å². The molecular weight excluding hydrogens is 393 g/mol. The number of benzene rings is 2. The Labute approximate surface area is 162 Å². The van der Waals surface area contributed by atoms with E-state index in [2.05, 4.69) is 4.98 Å². The van der Waals surface area contributed by atoms with Crippen LogP contribution in [0.3, 0.4) is 0 Å².